The highest BCUT2D eigenvalue weighted by Gasteiger charge is 2.38. The van der Waals surface area contributed by atoms with Crippen molar-refractivity contribution >= 4 is 6.21 Å². The molecule has 3 rings (SSSR count). The molecule has 0 aliphatic carbocycles. The molecule has 1 atom stereocenters. The topological polar surface area (TPSA) is 21.6 Å². The Hall–Kier alpha value is -1.57. The fraction of sp³-hybridized carbons (Fsp3) is 0.250. The molecule has 0 aromatic heterocycles. The zero-order valence-electron chi connectivity index (χ0n) is 7.81. The summed E-state index contributed by atoms with van der Waals surface area (Å²) in [4.78, 5) is 4.32. The molecule has 1 aromatic carbocycles. The van der Waals surface area contributed by atoms with Crippen molar-refractivity contribution in [3.63, 3.8) is 0 Å². The number of fused-ring (bicyclic) bond motifs is 2. The number of allylic oxidation sites excluding steroid dienone is 1. The van der Waals surface area contributed by atoms with Crippen LogP contribution in [0.4, 0.5) is 0 Å². The standard InChI is InChI=1S/C12H11NO/c1-2-5-11-10(4-1)12(9-14-11)6-3-7-13-8-12/h1-7H,8-9H2. The van der Waals surface area contributed by atoms with Crippen LogP contribution in [0, 0.1) is 0 Å². The fourth-order valence-corrected chi connectivity index (χ4v) is 2.11. The van der Waals surface area contributed by atoms with Gasteiger partial charge in [0, 0.05) is 11.8 Å². The van der Waals surface area contributed by atoms with Gasteiger partial charge in [0.05, 0.1) is 12.0 Å². The Morgan fingerprint density at radius 1 is 1.29 bits per heavy atom. The van der Waals surface area contributed by atoms with Gasteiger partial charge in [-0.05, 0) is 12.1 Å². The second-order valence-corrected chi connectivity index (χ2v) is 3.79. The highest BCUT2D eigenvalue weighted by Crippen LogP contribution is 2.40. The van der Waals surface area contributed by atoms with Gasteiger partial charge in [-0.3, -0.25) is 4.99 Å². The minimum Gasteiger partial charge on any atom is -0.492 e. The summed E-state index contributed by atoms with van der Waals surface area (Å²) in [6.07, 6.45) is 6.06. The number of hydrogen-bond donors (Lipinski definition) is 0. The molecule has 1 unspecified atom stereocenters. The van der Waals surface area contributed by atoms with Crippen LogP contribution in [-0.4, -0.2) is 19.4 Å². The van der Waals surface area contributed by atoms with Gasteiger partial charge in [0.15, 0.2) is 0 Å². The zero-order valence-corrected chi connectivity index (χ0v) is 7.81. The monoisotopic (exact) mass is 185 g/mol. The second-order valence-electron chi connectivity index (χ2n) is 3.79. The van der Waals surface area contributed by atoms with E-state index in [2.05, 4.69) is 23.2 Å². The molecule has 0 saturated heterocycles. The van der Waals surface area contributed by atoms with Crippen molar-refractivity contribution in [1.29, 1.82) is 0 Å². The molecule has 2 heteroatoms. The molecule has 70 valence electrons. The molecule has 0 amide bonds. The smallest absolute Gasteiger partial charge is 0.123 e. The van der Waals surface area contributed by atoms with Crippen LogP contribution in [0.5, 0.6) is 5.75 Å². The molecular weight excluding hydrogens is 174 g/mol. The average molecular weight is 185 g/mol. The van der Waals surface area contributed by atoms with Crippen molar-refractivity contribution < 1.29 is 4.74 Å². The van der Waals surface area contributed by atoms with E-state index in [1.54, 1.807) is 0 Å². The van der Waals surface area contributed by atoms with Crippen molar-refractivity contribution in [2.45, 2.75) is 5.41 Å². The van der Waals surface area contributed by atoms with E-state index in [1.807, 2.05) is 24.4 Å². The van der Waals surface area contributed by atoms with E-state index < -0.39 is 0 Å². The quantitative estimate of drug-likeness (QED) is 0.605. The first-order valence-electron chi connectivity index (χ1n) is 4.81. The van der Waals surface area contributed by atoms with E-state index in [9.17, 15) is 0 Å². The normalized spacial score (nSPS) is 27.7. The number of para-hydroxylation sites is 1. The molecule has 2 aliphatic heterocycles. The molecule has 1 spiro atoms. The fourth-order valence-electron chi connectivity index (χ4n) is 2.11. The van der Waals surface area contributed by atoms with Crippen LogP contribution in [0.2, 0.25) is 0 Å². The molecule has 2 heterocycles. The number of ether oxygens (including phenoxy) is 1. The van der Waals surface area contributed by atoms with Gasteiger partial charge in [0.2, 0.25) is 0 Å². The molecule has 1 aromatic rings. The number of aliphatic imine (C=N–C) groups is 1. The summed E-state index contributed by atoms with van der Waals surface area (Å²) in [7, 11) is 0. The van der Waals surface area contributed by atoms with Crippen LogP contribution in [0.15, 0.2) is 41.4 Å². The Bertz CT molecular complexity index is 422. The van der Waals surface area contributed by atoms with Crippen LogP contribution in [-0.2, 0) is 5.41 Å². The van der Waals surface area contributed by atoms with Crippen LogP contribution >= 0.6 is 0 Å². The first-order chi connectivity index (χ1) is 6.91. The average Bonchev–Trinajstić information content (AvgIpc) is 2.60. The van der Waals surface area contributed by atoms with Gasteiger partial charge in [-0.15, -0.1) is 0 Å². The summed E-state index contributed by atoms with van der Waals surface area (Å²) < 4.78 is 5.67. The van der Waals surface area contributed by atoms with Gasteiger partial charge in [0.1, 0.15) is 12.4 Å². The first-order valence-corrected chi connectivity index (χ1v) is 4.81. The SMILES string of the molecule is C1=CC2(CN=C1)COc1ccccc12. The lowest BCUT2D eigenvalue weighted by Crippen LogP contribution is -2.30. The van der Waals surface area contributed by atoms with E-state index in [0.717, 1.165) is 18.9 Å². The minimum absolute atomic E-state index is 0.00530. The Morgan fingerprint density at radius 2 is 2.21 bits per heavy atom. The van der Waals surface area contributed by atoms with Gasteiger partial charge in [-0.1, -0.05) is 24.3 Å². The summed E-state index contributed by atoms with van der Waals surface area (Å²) in [5.74, 6) is 1.01. The van der Waals surface area contributed by atoms with Crippen molar-refractivity contribution in [3.05, 3.63) is 42.0 Å². The number of benzene rings is 1. The molecule has 0 N–H and O–H groups in total. The summed E-state index contributed by atoms with van der Waals surface area (Å²) in [6.45, 7) is 1.53. The lowest BCUT2D eigenvalue weighted by atomic mass is 9.81. The van der Waals surface area contributed by atoms with E-state index in [-0.39, 0.29) is 5.41 Å². The Morgan fingerprint density at radius 3 is 3.07 bits per heavy atom. The maximum Gasteiger partial charge on any atom is 0.123 e. The summed E-state index contributed by atoms with van der Waals surface area (Å²) in [6, 6.07) is 8.22. The van der Waals surface area contributed by atoms with E-state index in [0.29, 0.717) is 0 Å². The lowest BCUT2D eigenvalue weighted by Gasteiger charge is -2.23. The van der Waals surface area contributed by atoms with Gasteiger partial charge in [-0.25, -0.2) is 0 Å². The molecule has 0 radical (unpaired) electrons. The number of nitrogens with zero attached hydrogens (tertiary/aromatic N) is 1. The second kappa shape index (κ2) is 2.71. The van der Waals surface area contributed by atoms with Crippen LogP contribution in [0.1, 0.15) is 5.56 Å². The van der Waals surface area contributed by atoms with Crippen LogP contribution in [0.25, 0.3) is 0 Å². The minimum atomic E-state index is 0.00530. The largest absolute Gasteiger partial charge is 0.492 e. The molecule has 14 heavy (non-hydrogen) atoms. The third kappa shape index (κ3) is 0.939. The molecule has 0 bridgehead atoms. The van der Waals surface area contributed by atoms with E-state index in [1.165, 1.54) is 5.56 Å². The van der Waals surface area contributed by atoms with Crippen LogP contribution < -0.4 is 4.74 Å². The van der Waals surface area contributed by atoms with Gasteiger partial charge < -0.3 is 4.74 Å². The highest BCUT2D eigenvalue weighted by molar-refractivity contribution is 5.73. The Kier molecular flexibility index (Phi) is 1.51. The third-order valence-electron chi connectivity index (χ3n) is 2.89. The Labute approximate surface area is 82.9 Å². The molecular formula is C12H11NO. The van der Waals surface area contributed by atoms with Gasteiger partial charge in [0.25, 0.3) is 0 Å². The third-order valence-corrected chi connectivity index (χ3v) is 2.89. The predicted octanol–water partition coefficient (Wildman–Crippen LogP) is 1.96. The maximum absolute atomic E-state index is 5.67. The highest BCUT2D eigenvalue weighted by atomic mass is 16.5. The predicted molar refractivity (Wildman–Crippen MR) is 56.1 cm³/mol. The summed E-state index contributed by atoms with van der Waals surface area (Å²) in [5.41, 5.74) is 1.28. The lowest BCUT2D eigenvalue weighted by molar-refractivity contribution is 0.299. The van der Waals surface area contributed by atoms with E-state index in [4.69, 9.17) is 4.74 Å². The molecule has 2 nitrogen and oxygen atoms in total. The number of rotatable bonds is 0. The maximum atomic E-state index is 5.67. The van der Waals surface area contributed by atoms with Gasteiger partial charge in [-0.2, -0.15) is 0 Å². The summed E-state index contributed by atoms with van der Waals surface area (Å²) in [5, 5.41) is 0. The van der Waals surface area contributed by atoms with Crippen molar-refractivity contribution in [2.75, 3.05) is 13.2 Å². The molecule has 0 fully saturated rings. The first kappa shape index (κ1) is 7.80. The number of dihydropyridines is 1. The van der Waals surface area contributed by atoms with Crippen LogP contribution in [0.3, 0.4) is 0 Å². The summed E-state index contributed by atoms with van der Waals surface area (Å²) >= 11 is 0. The zero-order chi connectivity index (χ0) is 9.43. The van der Waals surface area contributed by atoms with Crippen molar-refractivity contribution in [3.8, 4) is 5.75 Å². The van der Waals surface area contributed by atoms with Crippen molar-refractivity contribution in [1.82, 2.24) is 0 Å². The number of hydrogen-bond acceptors (Lipinski definition) is 2. The van der Waals surface area contributed by atoms with Crippen molar-refractivity contribution in [2.24, 2.45) is 4.99 Å². The Balaban J connectivity index is 2.13. The van der Waals surface area contributed by atoms with E-state index >= 15 is 0 Å². The molecule has 2 aliphatic rings. The van der Waals surface area contributed by atoms with Gasteiger partial charge >= 0.3 is 0 Å². The molecule has 0 saturated carbocycles.